The molecule has 7 heteroatoms. The molecule has 146 valence electrons. The Labute approximate surface area is 168 Å². The zero-order valence-electron chi connectivity index (χ0n) is 15.9. The second-order valence-electron chi connectivity index (χ2n) is 7.69. The first-order valence-electron chi connectivity index (χ1n) is 9.48. The van der Waals surface area contributed by atoms with Crippen LogP contribution in [-0.2, 0) is 10.4 Å². The number of rotatable bonds is 5. The molecule has 3 aromatic rings. The maximum absolute atomic E-state index is 12.7. The summed E-state index contributed by atoms with van der Waals surface area (Å²) in [7, 11) is 0. The molecule has 4 rings (SSSR count). The molecule has 0 radical (unpaired) electrons. The van der Waals surface area contributed by atoms with E-state index in [-0.39, 0.29) is 18.4 Å². The topological polar surface area (TPSA) is 80.0 Å². The monoisotopic (exact) mass is 398 g/mol. The molecule has 6 nitrogen and oxygen atoms in total. The number of amides is 1. The number of carbonyl (C=O) groups is 1. The van der Waals surface area contributed by atoms with Gasteiger partial charge in [0.1, 0.15) is 10.7 Å². The van der Waals surface area contributed by atoms with Gasteiger partial charge in [-0.25, -0.2) is 9.97 Å². The van der Waals surface area contributed by atoms with Gasteiger partial charge in [-0.2, -0.15) is 0 Å². The Bertz CT molecular complexity index is 1030. The maximum Gasteiger partial charge on any atom is 0.229 e. The second-order valence-corrected chi connectivity index (χ2v) is 8.05. The molecule has 2 heterocycles. The van der Waals surface area contributed by atoms with Gasteiger partial charge < -0.3 is 5.11 Å². The van der Waals surface area contributed by atoms with Crippen molar-refractivity contribution in [1.82, 2.24) is 14.5 Å². The van der Waals surface area contributed by atoms with E-state index in [1.165, 1.54) is 0 Å². The number of imidazole rings is 1. The lowest BCUT2D eigenvalue weighted by molar-refractivity contribution is -0.120. The average Bonchev–Trinajstić information content (AvgIpc) is 2.91. The Balaban J connectivity index is 1.63. The quantitative estimate of drug-likeness (QED) is 0.626. The largest absolute Gasteiger partial charge is 0.385 e. The van der Waals surface area contributed by atoms with Gasteiger partial charge in [-0.15, -0.1) is 0 Å². The van der Waals surface area contributed by atoms with Gasteiger partial charge in [0.05, 0.1) is 12.0 Å². The van der Waals surface area contributed by atoms with E-state index < -0.39 is 5.60 Å². The van der Waals surface area contributed by atoms with E-state index in [1.54, 1.807) is 6.92 Å². The molecule has 1 fully saturated rings. The van der Waals surface area contributed by atoms with Crippen molar-refractivity contribution in [3.8, 4) is 0 Å². The Kier molecular flexibility index (Phi) is 4.85. The number of nitrogens with zero attached hydrogens (tertiary/aromatic N) is 3. The van der Waals surface area contributed by atoms with Gasteiger partial charge in [-0.3, -0.25) is 14.7 Å². The molecule has 1 aliphatic carbocycles. The van der Waals surface area contributed by atoms with Crippen molar-refractivity contribution in [1.29, 1.82) is 0 Å². The molecular weight excluding hydrogens is 376 g/mol. The van der Waals surface area contributed by atoms with Crippen molar-refractivity contribution < 1.29 is 9.90 Å². The number of aliphatic hydroxyl groups is 1. The highest BCUT2D eigenvalue weighted by atomic mass is 35.5. The normalized spacial score (nSPS) is 16.6. The van der Waals surface area contributed by atoms with Gasteiger partial charge in [0.15, 0.2) is 5.65 Å². The molecule has 0 spiro atoms. The highest BCUT2D eigenvalue weighted by molar-refractivity contribution is 6.30. The molecule has 2 N–H and O–H groups in total. The summed E-state index contributed by atoms with van der Waals surface area (Å²) in [5.74, 6) is 0.162. The number of aromatic nitrogens is 3. The third kappa shape index (κ3) is 3.50. The number of pyridine rings is 1. The van der Waals surface area contributed by atoms with E-state index in [0.29, 0.717) is 27.8 Å². The summed E-state index contributed by atoms with van der Waals surface area (Å²) >= 11 is 6.22. The van der Waals surface area contributed by atoms with Gasteiger partial charge in [-0.1, -0.05) is 41.9 Å². The van der Waals surface area contributed by atoms with E-state index in [2.05, 4.69) is 15.3 Å². The summed E-state index contributed by atoms with van der Waals surface area (Å²) in [6.45, 7) is 3.52. The summed E-state index contributed by atoms with van der Waals surface area (Å²) in [4.78, 5) is 21.8. The van der Waals surface area contributed by atoms with E-state index in [9.17, 15) is 9.90 Å². The molecular formula is C21H23ClN4O2. The van der Waals surface area contributed by atoms with Crippen LogP contribution in [0.5, 0.6) is 0 Å². The number of benzene rings is 1. The predicted molar refractivity (Wildman–Crippen MR) is 109 cm³/mol. The third-order valence-electron chi connectivity index (χ3n) is 5.39. The van der Waals surface area contributed by atoms with Crippen molar-refractivity contribution in [3.63, 3.8) is 0 Å². The van der Waals surface area contributed by atoms with Crippen LogP contribution in [0.4, 0.5) is 5.95 Å². The number of carbonyl (C=O) groups excluding carboxylic acids is 1. The smallest absolute Gasteiger partial charge is 0.229 e. The number of anilines is 1. The molecule has 1 saturated carbocycles. The Morgan fingerprint density at radius 3 is 2.68 bits per heavy atom. The zero-order chi connectivity index (χ0) is 19.9. The molecule has 0 bridgehead atoms. The van der Waals surface area contributed by atoms with Gasteiger partial charge in [0.25, 0.3) is 0 Å². The predicted octanol–water partition coefficient (Wildman–Crippen LogP) is 4.35. The van der Waals surface area contributed by atoms with E-state index >= 15 is 0 Å². The van der Waals surface area contributed by atoms with Crippen molar-refractivity contribution in [2.24, 2.45) is 0 Å². The first kappa shape index (κ1) is 18.9. The van der Waals surface area contributed by atoms with Crippen LogP contribution in [0, 0.1) is 6.92 Å². The van der Waals surface area contributed by atoms with Crippen molar-refractivity contribution in [2.75, 3.05) is 5.32 Å². The lowest BCUT2D eigenvalue weighted by atomic mass is 9.92. The van der Waals surface area contributed by atoms with E-state index in [4.69, 9.17) is 11.6 Å². The second kappa shape index (κ2) is 7.18. The lowest BCUT2D eigenvalue weighted by Gasteiger charge is -2.29. The first-order valence-corrected chi connectivity index (χ1v) is 9.86. The van der Waals surface area contributed by atoms with Crippen molar-refractivity contribution in [3.05, 3.63) is 52.7 Å². The fraction of sp³-hybridized carbons (Fsp3) is 0.381. The summed E-state index contributed by atoms with van der Waals surface area (Å²) in [5.41, 5.74) is 1.67. The highest BCUT2D eigenvalue weighted by Gasteiger charge is 2.30. The van der Waals surface area contributed by atoms with E-state index in [0.717, 1.165) is 24.8 Å². The van der Waals surface area contributed by atoms with Crippen LogP contribution in [-0.4, -0.2) is 25.5 Å². The van der Waals surface area contributed by atoms with Crippen LogP contribution >= 0.6 is 11.6 Å². The van der Waals surface area contributed by atoms with Crippen LogP contribution in [0.3, 0.4) is 0 Å². The molecule has 0 unspecified atom stereocenters. The Morgan fingerprint density at radius 2 is 2.04 bits per heavy atom. The SMILES string of the molecule is Cc1cc2nc(NC(=O)C[C@](C)(O)c3ccccc3)n(C3CCC3)c2nc1Cl. The maximum atomic E-state index is 12.7. The van der Waals surface area contributed by atoms with E-state index in [1.807, 2.05) is 47.9 Å². The number of aryl methyl sites for hydroxylation is 1. The number of nitrogens with one attached hydrogen (secondary N) is 1. The minimum atomic E-state index is -1.27. The molecule has 28 heavy (non-hydrogen) atoms. The molecule has 1 atom stereocenters. The molecule has 1 aromatic carbocycles. The molecule has 0 aliphatic heterocycles. The van der Waals surface area contributed by atoms with Crippen LogP contribution in [0.1, 0.15) is 49.8 Å². The standard InChI is InChI=1S/C21H23ClN4O2/c1-13-11-16-19(25-18(13)22)26(15-9-6-10-15)20(23-16)24-17(27)12-21(2,28)14-7-4-3-5-8-14/h3-5,7-8,11,15,28H,6,9-10,12H2,1-2H3,(H,23,24,27)/t21-/m0/s1. The zero-order valence-corrected chi connectivity index (χ0v) is 16.7. The van der Waals surface area contributed by atoms with Gasteiger partial charge >= 0.3 is 0 Å². The number of fused-ring (bicyclic) bond motifs is 1. The van der Waals surface area contributed by atoms with Crippen LogP contribution in [0.15, 0.2) is 36.4 Å². The number of hydrogen-bond donors (Lipinski definition) is 2. The highest BCUT2D eigenvalue weighted by Crippen LogP contribution is 2.37. The minimum absolute atomic E-state index is 0.0713. The molecule has 1 amide bonds. The lowest BCUT2D eigenvalue weighted by Crippen LogP contribution is -2.30. The Hall–Kier alpha value is -2.44. The molecule has 0 saturated heterocycles. The van der Waals surface area contributed by atoms with Crippen molar-refractivity contribution in [2.45, 2.75) is 51.2 Å². The summed E-state index contributed by atoms with van der Waals surface area (Å²) in [5, 5.41) is 14.1. The van der Waals surface area contributed by atoms with Crippen LogP contribution in [0.25, 0.3) is 11.2 Å². The molecule has 1 aliphatic rings. The first-order chi connectivity index (χ1) is 13.3. The van der Waals surface area contributed by atoms with Crippen LogP contribution in [0.2, 0.25) is 5.15 Å². The van der Waals surface area contributed by atoms with Gasteiger partial charge in [-0.05, 0) is 50.3 Å². The fourth-order valence-electron chi connectivity index (χ4n) is 3.56. The Morgan fingerprint density at radius 1 is 1.32 bits per heavy atom. The summed E-state index contributed by atoms with van der Waals surface area (Å²) in [6, 6.07) is 11.3. The van der Waals surface area contributed by atoms with Crippen LogP contribution < -0.4 is 5.32 Å². The summed E-state index contributed by atoms with van der Waals surface area (Å²) in [6.07, 6.45) is 3.10. The minimum Gasteiger partial charge on any atom is -0.385 e. The average molecular weight is 399 g/mol. The van der Waals surface area contributed by atoms with Gasteiger partial charge in [0.2, 0.25) is 11.9 Å². The number of hydrogen-bond acceptors (Lipinski definition) is 4. The number of halogens is 1. The van der Waals surface area contributed by atoms with Crippen molar-refractivity contribution >= 4 is 34.6 Å². The third-order valence-corrected chi connectivity index (χ3v) is 5.77. The van der Waals surface area contributed by atoms with Gasteiger partial charge in [0, 0.05) is 6.04 Å². The summed E-state index contributed by atoms with van der Waals surface area (Å²) < 4.78 is 1.97. The fourth-order valence-corrected chi connectivity index (χ4v) is 3.69. The molecule has 2 aromatic heterocycles.